The molecule has 0 aliphatic heterocycles. The minimum Gasteiger partial charge on any atom is -0.347 e. The van der Waals surface area contributed by atoms with Gasteiger partial charge in [-0.25, -0.2) is 4.98 Å². The number of nitrogens with zero attached hydrogens (tertiary/aromatic N) is 1. The topological polar surface area (TPSA) is 42.0 Å². The van der Waals surface area contributed by atoms with Crippen LogP contribution in [0.15, 0.2) is 0 Å². The third kappa shape index (κ3) is 2.61. The summed E-state index contributed by atoms with van der Waals surface area (Å²) in [5, 5.41) is 4.12. The zero-order valence-electron chi connectivity index (χ0n) is 10.3. The lowest BCUT2D eigenvalue weighted by atomic mass is 10.1. The maximum Gasteiger partial charge on any atom is 0.263 e. The van der Waals surface area contributed by atoms with E-state index in [1.165, 1.54) is 12.8 Å². The molecule has 4 heteroatoms. The van der Waals surface area contributed by atoms with Gasteiger partial charge < -0.3 is 5.32 Å². The van der Waals surface area contributed by atoms with Gasteiger partial charge in [-0.05, 0) is 40.5 Å². The summed E-state index contributed by atoms with van der Waals surface area (Å²) < 4.78 is 0. The molecule has 1 aliphatic rings. The second kappa shape index (κ2) is 3.84. The summed E-state index contributed by atoms with van der Waals surface area (Å²) in [4.78, 5) is 17.3. The van der Waals surface area contributed by atoms with Crippen LogP contribution in [0.1, 0.15) is 59.9 Å². The number of rotatable bonds is 2. The van der Waals surface area contributed by atoms with Crippen molar-refractivity contribution in [3.05, 3.63) is 15.6 Å². The minimum atomic E-state index is -0.187. The summed E-state index contributed by atoms with van der Waals surface area (Å²) in [5.74, 6) is 0.634. The van der Waals surface area contributed by atoms with Crippen LogP contribution >= 0.6 is 11.3 Å². The maximum absolute atomic E-state index is 12.0. The number of hydrogen-bond acceptors (Lipinski definition) is 3. The van der Waals surface area contributed by atoms with Crippen molar-refractivity contribution >= 4 is 17.2 Å². The van der Waals surface area contributed by atoms with Gasteiger partial charge in [-0.15, -0.1) is 11.3 Å². The Morgan fingerprint density at radius 2 is 2.06 bits per heavy atom. The first kappa shape index (κ1) is 11.6. The van der Waals surface area contributed by atoms with Crippen LogP contribution in [0.3, 0.4) is 0 Å². The predicted octanol–water partition coefficient (Wildman–Crippen LogP) is 2.86. The van der Waals surface area contributed by atoms with Gasteiger partial charge in [-0.3, -0.25) is 4.79 Å². The molecule has 0 atom stereocenters. The summed E-state index contributed by atoms with van der Waals surface area (Å²) in [6.07, 6.45) is 2.46. The molecule has 2 rings (SSSR count). The third-order valence-electron chi connectivity index (χ3n) is 2.43. The lowest BCUT2D eigenvalue weighted by Crippen LogP contribution is -2.40. The highest BCUT2D eigenvalue weighted by atomic mass is 32.1. The molecule has 16 heavy (non-hydrogen) atoms. The van der Waals surface area contributed by atoms with Gasteiger partial charge in [0.05, 0.1) is 10.7 Å². The first-order valence-electron chi connectivity index (χ1n) is 5.66. The van der Waals surface area contributed by atoms with Gasteiger partial charge in [0.1, 0.15) is 4.88 Å². The molecule has 0 saturated heterocycles. The number of aromatic nitrogens is 1. The van der Waals surface area contributed by atoms with Crippen molar-refractivity contribution in [2.75, 3.05) is 0 Å². The molecule has 0 radical (unpaired) electrons. The van der Waals surface area contributed by atoms with Gasteiger partial charge in [-0.1, -0.05) is 0 Å². The zero-order chi connectivity index (χ0) is 11.9. The Labute approximate surface area is 100 Å². The highest BCUT2D eigenvalue weighted by Gasteiger charge is 2.29. The third-order valence-corrected chi connectivity index (χ3v) is 3.75. The lowest BCUT2D eigenvalue weighted by Gasteiger charge is -2.19. The van der Waals surface area contributed by atoms with E-state index >= 15 is 0 Å². The Hall–Kier alpha value is -0.900. The number of nitrogens with one attached hydrogen (secondary N) is 1. The van der Waals surface area contributed by atoms with Crippen molar-refractivity contribution in [3.63, 3.8) is 0 Å². The van der Waals surface area contributed by atoms with E-state index in [9.17, 15) is 4.79 Å². The number of thiazole rings is 1. The average Bonchev–Trinajstić information content (AvgIpc) is 2.87. The molecule has 0 aromatic carbocycles. The fourth-order valence-corrected chi connectivity index (χ4v) is 2.66. The smallest absolute Gasteiger partial charge is 0.263 e. The van der Waals surface area contributed by atoms with Crippen LogP contribution in [0.4, 0.5) is 0 Å². The first-order chi connectivity index (χ1) is 7.37. The molecule has 1 N–H and O–H groups in total. The van der Waals surface area contributed by atoms with E-state index in [-0.39, 0.29) is 11.4 Å². The van der Waals surface area contributed by atoms with Gasteiger partial charge in [0.25, 0.3) is 5.91 Å². The molecule has 1 amide bonds. The van der Waals surface area contributed by atoms with Gasteiger partial charge in [0.15, 0.2) is 0 Å². The van der Waals surface area contributed by atoms with Gasteiger partial charge in [-0.2, -0.15) is 0 Å². The molecule has 1 aliphatic carbocycles. The summed E-state index contributed by atoms with van der Waals surface area (Å²) >= 11 is 1.56. The van der Waals surface area contributed by atoms with Crippen molar-refractivity contribution in [2.24, 2.45) is 0 Å². The summed E-state index contributed by atoms with van der Waals surface area (Å²) in [5.41, 5.74) is 0.682. The zero-order valence-corrected chi connectivity index (χ0v) is 11.1. The molecule has 1 saturated carbocycles. The SMILES string of the molecule is Cc1nc(C2CC2)sc1C(=O)NC(C)(C)C. The number of carbonyl (C=O) groups is 1. The molecule has 3 nitrogen and oxygen atoms in total. The molecular formula is C12H18N2OS. The Morgan fingerprint density at radius 3 is 2.56 bits per heavy atom. The monoisotopic (exact) mass is 238 g/mol. The average molecular weight is 238 g/mol. The quantitative estimate of drug-likeness (QED) is 0.860. The maximum atomic E-state index is 12.0. The van der Waals surface area contributed by atoms with E-state index in [1.807, 2.05) is 27.7 Å². The van der Waals surface area contributed by atoms with Crippen molar-refractivity contribution in [2.45, 2.75) is 52.0 Å². The van der Waals surface area contributed by atoms with Crippen LogP contribution < -0.4 is 5.32 Å². The van der Waals surface area contributed by atoms with E-state index in [1.54, 1.807) is 11.3 Å². The molecule has 0 bridgehead atoms. The molecule has 1 fully saturated rings. The first-order valence-corrected chi connectivity index (χ1v) is 6.48. The lowest BCUT2D eigenvalue weighted by molar-refractivity contribution is 0.0923. The van der Waals surface area contributed by atoms with Crippen molar-refractivity contribution in [1.29, 1.82) is 0 Å². The summed E-state index contributed by atoms with van der Waals surface area (Å²) in [7, 11) is 0. The second-order valence-electron chi connectivity index (χ2n) is 5.45. The molecule has 0 unspecified atom stereocenters. The van der Waals surface area contributed by atoms with E-state index < -0.39 is 0 Å². The summed E-state index contributed by atoms with van der Waals surface area (Å²) in [6.45, 7) is 7.88. The van der Waals surface area contributed by atoms with E-state index in [2.05, 4.69) is 10.3 Å². The van der Waals surface area contributed by atoms with Crippen molar-refractivity contribution in [3.8, 4) is 0 Å². The van der Waals surface area contributed by atoms with Crippen LogP contribution in [0.5, 0.6) is 0 Å². The van der Waals surface area contributed by atoms with Crippen LogP contribution in [0.25, 0.3) is 0 Å². The van der Waals surface area contributed by atoms with Gasteiger partial charge in [0.2, 0.25) is 0 Å². The van der Waals surface area contributed by atoms with E-state index in [0.29, 0.717) is 5.92 Å². The molecule has 1 aromatic rings. The van der Waals surface area contributed by atoms with Gasteiger partial charge >= 0.3 is 0 Å². The van der Waals surface area contributed by atoms with Crippen LogP contribution in [0.2, 0.25) is 0 Å². The Bertz CT molecular complexity index is 413. The number of hydrogen-bond donors (Lipinski definition) is 1. The normalized spacial score (nSPS) is 16.2. The fraction of sp³-hybridized carbons (Fsp3) is 0.667. The Kier molecular flexibility index (Phi) is 2.78. The minimum absolute atomic E-state index is 0.00870. The highest BCUT2D eigenvalue weighted by Crippen LogP contribution is 2.42. The van der Waals surface area contributed by atoms with Crippen LogP contribution in [-0.4, -0.2) is 16.4 Å². The fourth-order valence-electron chi connectivity index (χ4n) is 1.53. The van der Waals surface area contributed by atoms with Crippen molar-refractivity contribution < 1.29 is 4.79 Å². The number of aryl methyl sites for hydroxylation is 1. The Balaban J connectivity index is 2.16. The predicted molar refractivity (Wildman–Crippen MR) is 66.0 cm³/mol. The Morgan fingerprint density at radius 1 is 1.44 bits per heavy atom. The molecule has 1 aromatic heterocycles. The van der Waals surface area contributed by atoms with Crippen molar-refractivity contribution in [1.82, 2.24) is 10.3 Å². The second-order valence-corrected chi connectivity index (χ2v) is 6.48. The summed E-state index contributed by atoms with van der Waals surface area (Å²) in [6, 6.07) is 0. The van der Waals surface area contributed by atoms with E-state index in [4.69, 9.17) is 0 Å². The number of amides is 1. The molecule has 0 spiro atoms. The highest BCUT2D eigenvalue weighted by molar-refractivity contribution is 7.13. The van der Waals surface area contributed by atoms with Crippen LogP contribution in [0, 0.1) is 6.92 Å². The van der Waals surface area contributed by atoms with E-state index in [0.717, 1.165) is 15.6 Å². The largest absolute Gasteiger partial charge is 0.347 e. The molecular weight excluding hydrogens is 220 g/mol. The van der Waals surface area contributed by atoms with Crippen LogP contribution in [-0.2, 0) is 0 Å². The number of carbonyl (C=O) groups excluding carboxylic acids is 1. The molecule has 88 valence electrons. The molecule has 1 heterocycles. The standard InChI is InChI=1S/C12H18N2OS/c1-7-9(10(15)14-12(2,3)4)16-11(13-7)8-5-6-8/h8H,5-6H2,1-4H3,(H,14,15). The van der Waals surface area contributed by atoms with Gasteiger partial charge in [0, 0.05) is 11.5 Å².